The van der Waals surface area contributed by atoms with Crippen molar-refractivity contribution in [3.63, 3.8) is 0 Å². The molecule has 2 aromatic rings. The van der Waals surface area contributed by atoms with E-state index >= 15 is 0 Å². The molecule has 2 fully saturated rings. The minimum Gasteiger partial charge on any atom is -0.508 e. The topological polar surface area (TPSA) is 67.1 Å². The summed E-state index contributed by atoms with van der Waals surface area (Å²) < 4.78 is 2.07. The van der Waals surface area contributed by atoms with E-state index in [0.717, 1.165) is 43.2 Å². The third kappa shape index (κ3) is 3.40. The summed E-state index contributed by atoms with van der Waals surface area (Å²) in [7, 11) is 0. The smallest absolute Gasteiger partial charge is 0.173 e. The van der Waals surface area contributed by atoms with Gasteiger partial charge in [0.15, 0.2) is 5.82 Å². The van der Waals surface area contributed by atoms with E-state index in [0.29, 0.717) is 11.8 Å². The number of tetrazole rings is 1. The van der Waals surface area contributed by atoms with E-state index in [9.17, 15) is 5.11 Å². The van der Waals surface area contributed by atoms with E-state index in [1.54, 1.807) is 12.1 Å². The molecule has 0 amide bonds. The van der Waals surface area contributed by atoms with E-state index in [1.807, 2.05) is 12.1 Å². The summed E-state index contributed by atoms with van der Waals surface area (Å²) in [4.78, 5) is 2.50. The lowest BCUT2D eigenvalue weighted by Crippen LogP contribution is -2.38. The molecule has 1 saturated carbocycles. The monoisotopic (exact) mass is 341 g/mol. The number of hydrogen-bond donors (Lipinski definition) is 1. The Balaban J connectivity index is 1.70. The Hall–Kier alpha value is -1.95. The van der Waals surface area contributed by atoms with Gasteiger partial charge in [-0.05, 0) is 72.8 Å². The fraction of sp³-hybridized carbons (Fsp3) is 0.632. The first-order chi connectivity index (χ1) is 12.2. The number of piperidine rings is 1. The van der Waals surface area contributed by atoms with Gasteiger partial charge in [0.25, 0.3) is 0 Å². The van der Waals surface area contributed by atoms with E-state index in [1.165, 1.54) is 25.7 Å². The molecule has 1 aliphatic heterocycles. The minimum atomic E-state index is 0.0590. The maximum Gasteiger partial charge on any atom is 0.173 e. The average Bonchev–Trinajstić information content (AvgIpc) is 3.30. The molecule has 25 heavy (non-hydrogen) atoms. The predicted molar refractivity (Wildman–Crippen MR) is 95.2 cm³/mol. The van der Waals surface area contributed by atoms with E-state index in [2.05, 4.69) is 32.0 Å². The van der Waals surface area contributed by atoms with Crippen LogP contribution in [0.25, 0.3) is 0 Å². The van der Waals surface area contributed by atoms with Crippen LogP contribution in [0.1, 0.15) is 68.9 Å². The van der Waals surface area contributed by atoms with Gasteiger partial charge in [-0.2, -0.15) is 0 Å². The SMILES string of the molecule is CC1CCN([C@@H](c2ccc(O)cc2)c2nnnn2C2CCCC2)CC1. The highest BCUT2D eigenvalue weighted by Gasteiger charge is 2.32. The quantitative estimate of drug-likeness (QED) is 0.924. The van der Waals surface area contributed by atoms with Crippen LogP contribution in [0.3, 0.4) is 0 Å². The van der Waals surface area contributed by atoms with Gasteiger partial charge in [0.05, 0.1) is 12.1 Å². The highest BCUT2D eigenvalue weighted by atomic mass is 16.3. The molecule has 4 rings (SSSR count). The lowest BCUT2D eigenvalue weighted by Gasteiger charge is -2.36. The standard InChI is InChI=1S/C19H27N5O/c1-14-10-12-23(13-11-14)18(15-6-8-17(25)9-7-15)19-20-21-22-24(19)16-4-2-3-5-16/h6-9,14,16,18,25H,2-5,10-13H2,1H3/t18-/m0/s1. The molecule has 0 radical (unpaired) electrons. The molecule has 1 saturated heterocycles. The maximum atomic E-state index is 9.68. The van der Waals surface area contributed by atoms with Crippen LogP contribution in [0.5, 0.6) is 5.75 Å². The average molecular weight is 341 g/mol. The van der Waals surface area contributed by atoms with Crippen LogP contribution in [0.2, 0.25) is 0 Å². The summed E-state index contributed by atoms with van der Waals surface area (Å²) in [5.41, 5.74) is 1.15. The van der Waals surface area contributed by atoms with Crippen molar-refractivity contribution in [2.24, 2.45) is 5.92 Å². The van der Waals surface area contributed by atoms with Crippen molar-refractivity contribution in [1.29, 1.82) is 0 Å². The van der Waals surface area contributed by atoms with Crippen LogP contribution < -0.4 is 0 Å². The van der Waals surface area contributed by atoms with Crippen molar-refractivity contribution in [2.75, 3.05) is 13.1 Å². The summed E-state index contributed by atoms with van der Waals surface area (Å²) in [6, 6.07) is 8.02. The van der Waals surface area contributed by atoms with Gasteiger partial charge >= 0.3 is 0 Å². The summed E-state index contributed by atoms with van der Waals surface area (Å²) in [5, 5.41) is 22.5. The lowest BCUT2D eigenvalue weighted by atomic mass is 9.95. The molecule has 2 aliphatic rings. The summed E-state index contributed by atoms with van der Waals surface area (Å²) in [6.45, 7) is 4.45. The second-order valence-corrected chi connectivity index (χ2v) is 7.63. The Labute approximate surface area is 148 Å². The summed E-state index contributed by atoms with van der Waals surface area (Å²) in [6.07, 6.45) is 7.26. The van der Waals surface area contributed by atoms with Crippen molar-refractivity contribution in [2.45, 2.75) is 57.5 Å². The van der Waals surface area contributed by atoms with E-state index in [4.69, 9.17) is 0 Å². The zero-order valence-electron chi connectivity index (χ0n) is 14.9. The fourth-order valence-electron chi connectivity index (χ4n) is 4.26. The molecule has 1 atom stereocenters. The first-order valence-electron chi connectivity index (χ1n) is 9.53. The van der Waals surface area contributed by atoms with Crippen molar-refractivity contribution >= 4 is 0 Å². The van der Waals surface area contributed by atoms with Gasteiger partial charge in [0.2, 0.25) is 0 Å². The molecule has 6 nitrogen and oxygen atoms in total. The molecule has 0 spiro atoms. The predicted octanol–water partition coefficient (Wildman–Crippen LogP) is 3.32. The number of rotatable bonds is 4. The third-order valence-electron chi connectivity index (χ3n) is 5.83. The van der Waals surface area contributed by atoms with Crippen molar-refractivity contribution < 1.29 is 5.11 Å². The zero-order chi connectivity index (χ0) is 17.2. The minimum absolute atomic E-state index is 0.0590. The van der Waals surface area contributed by atoms with Crippen LogP contribution in [0, 0.1) is 5.92 Å². The second-order valence-electron chi connectivity index (χ2n) is 7.63. The van der Waals surface area contributed by atoms with Gasteiger partial charge in [-0.15, -0.1) is 5.10 Å². The van der Waals surface area contributed by atoms with Gasteiger partial charge in [0.1, 0.15) is 5.75 Å². The molecule has 1 N–H and O–H groups in total. The van der Waals surface area contributed by atoms with Crippen LogP contribution in [0.15, 0.2) is 24.3 Å². The molecule has 2 heterocycles. The Morgan fingerprint density at radius 2 is 1.72 bits per heavy atom. The molecule has 6 heteroatoms. The van der Waals surface area contributed by atoms with Crippen molar-refractivity contribution in [3.8, 4) is 5.75 Å². The number of phenolic OH excluding ortho intramolecular Hbond substituents is 1. The van der Waals surface area contributed by atoms with Crippen LogP contribution in [-0.4, -0.2) is 43.3 Å². The highest BCUT2D eigenvalue weighted by Crippen LogP contribution is 2.35. The molecule has 134 valence electrons. The number of likely N-dealkylation sites (tertiary alicyclic amines) is 1. The number of aromatic hydroxyl groups is 1. The molecule has 1 aromatic carbocycles. The Kier molecular flexibility index (Phi) is 4.70. The van der Waals surface area contributed by atoms with Gasteiger partial charge in [-0.1, -0.05) is 31.9 Å². The zero-order valence-corrected chi connectivity index (χ0v) is 14.9. The molecular formula is C19H27N5O. The largest absolute Gasteiger partial charge is 0.508 e. The summed E-state index contributed by atoms with van der Waals surface area (Å²) in [5.74, 6) is 2.03. The van der Waals surface area contributed by atoms with Crippen molar-refractivity contribution in [1.82, 2.24) is 25.1 Å². The van der Waals surface area contributed by atoms with Crippen LogP contribution in [-0.2, 0) is 0 Å². The highest BCUT2D eigenvalue weighted by molar-refractivity contribution is 5.31. The molecule has 0 unspecified atom stereocenters. The number of benzene rings is 1. The normalized spacial score (nSPS) is 21.6. The lowest BCUT2D eigenvalue weighted by molar-refractivity contribution is 0.148. The van der Waals surface area contributed by atoms with Gasteiger partial charge in [-0.3, -0.25) is 4.90 Å². The first kappa shape index (κ1) is 16.5. The number of nitrogens with zero attached hydrogens (tertiary/aromatic N) is 5. The number of hydrogen-bond acceptors (Lipinski definition) is 5. The van der Waals surface area contributed by atoms with Crippen LogP contribution in [0.4, 0.5) is 0 Å². The fourth-order valence-corrected chi connectivity index (χ4v) is 4.26. The number of phenols is 1. The van der Waals surface area contributed by atoms with Crippen molar-refractivity contribution in [3.05, 3.63) is 35.7 Å². The second kappa shape index (κ2) is 7.12. The Morgan fingerprint density at radius 1 is 1.04 bits per heavy atom. The Bertz CT molecular complexity index is 684. The molecule has 1 aromatic heterocycles. The molecule has 0 bridgehead atoms. The Morgan fingerprint density at radius 3 is 2.40 bits per heavy atom. The van der Waals surface area contributed by atoms with E-state index < -0.39 is 0 Å². The van der Waals surface area contributed by atoms with Gasteiger partial charge in [-0.25, -0.2) is 4.68 Å². The first-order valence-corrected chi connectivity index (χ1v) is 9.53. The summed E-state index contributed by atoms with van der Waals surface area (Å²) >= 11 is 0. The van der Waals surface area contributed by atoms with Gasteiger partial charge in [0, 0.05) is 0 Å². The van der Waals surface area contributed by atoms with Gasteiger partial charge < -0.3 is 5.11 Å². The van der Waals surface area contributed by atoms with E-state index in [-0.39, 0.29) is 6.04 Å². The maximum absolute atomic E-state index is 9.68. The molecule has 1 aliphatic carbocycles. The number of aromatic nitrogens is 4. The van der Waals surface area contributed by atoms with Crippen LogP contribution >= 0.6 is 0 Å². The third-order valence-corrected chi connectivity index (χ3v) is 5.83. The molecular weight excluding hydrogens is 314 g/mol.